The van der Waals surface area contributed by atoms with E-state index in [0.717, 1.165) is 0 Å². The van der Waals surface area contributed by atoms with Gasteiger partial charge in [-0.05, 0) is 24.6 Å². The van der Waals surface area contributed by atoms with E-state index in [9.17, 15) is 14.7 Å². The van der Waals surface area contributed by atoms with E-state index >= 15 is 0 Å². The molecule has 0 bridgehead atoms. The van der Waals surface area contributed by atoms with Gasteiger partial charge in [-0.2, -0.15) is 0 Å². The van der Waals surface area contributed by atoms with Gasteiger partial charge in [0.2, 0.25) is 0 Å². The maximum absolute atomic E-state index is 12.1. The number of nitrogens with one attached hydrogen (secondary N) is 2. The first-order valence-corrected chi connectivity index (χ1v) is 7.79. The Bertz CT molecular complexity index is 957. The number of amides is 2. The van der Waals surface area contributed by atoms with Gasteiger partial charge in [-0.15, -0.1) is 0 Å². The van der Waals surface area contributed by atoms with E-state index in [1.54, 1.807) is 44.3 Å². The Kier molecular flexibility index (Phi) is 4.33. The van der Waals surface area contributed by atoms with Gasteiger partial charge in [-0.3, -0.25) is 4.57 Å². The third-order valence-electron chi connectivity index (χ3n) is 4.04. The van der Waals surface area contributed by atoms with Crippen LogP contribution in [0.4, 0.5) is 10.5 Å². The molecule has 1 atom stereocenters. The second-order valence-corrected chi connectivity index (χ2v) is 6.06. The first-order valence-electron chi connectivity index (χ1n) is 7.79. The van der Waals surface area contributed by atoms with Gasteiger partial charge in [-0.25, -0.2) is 9.59 Å². The smallest absolute Gasteiger partial charge is 0.408 e. The lowest BCUT2D eigenvalue weighted by molar-refractivity contribution is 0.0599. The Hall–Kier alpha value is -3.06. The lowest BCUT2D eigenvalue weighted by atomic mass is 9.96. The fraction of sp³-hybridized carbons (Fsp3) is 0.222. The molecular formula is C18H19N3O4. The zero-order valence-corrected chi connectivity index (χ0v) is 13.9. The largest absolute Gasteiger partial charge is 0.419 e. The summed E-state index contributed by atoms with van der Waals surface area (Å²) in [6.07, 6.45) is 0. The average Bonchev–Trinajstić information content (AvgIpc) is 2.88. The second kappa shape index (κ2) is 6.45. The Morgan fingerprint density at radius 1 is 1.24 bits per heavy atom. The van der Waals surface area contributed by atoms with Crippen molar-refractivity contribution in [2.75, 3.05) is 11.9 Å². The van der Waals surface area contributed by atoms with Crippen molar-refractivity contribution in [2.24, 2.45) is 7.05 Å². The monoisotopic (exact) mass is 341 g/mol. The topological polar surface area (TPSA) is 96.5 Å². The van der Waals surface area contributed by atoms with E-state index in [2.05, 4.69) is 10.6 Å². The first kappa shape index (κ1) is 16.8. The summed E-state index contributed by atoms with van der Waals surface area (Å²) in [5, 5.41) is 15.8. The molecule has 1 aromatic heterocycles. The second-order valence-electron chi connectivity index (χ2n) is 6.06. The van der Waals surface area contributed by atoms with E-state index < -0.39 is 17.4 Å². The number of hydrogen-bond donors (Lipinski definition) is 3. The number of benzene rings is 2. The molecule has 7 nitrogen and oxygen atoms in total. The van der Waals surface area contributed by atoms with Crippen LogP contribution in [0.5, 0.6) is 0 Å². The normalized spacial score (nSPS) is 13.4. The average molecular weight is 341 g/mol. The van der Waals surface area contributed by atoms with E-state index in [1.165, 1.54) is 4.57 Å². The maximum atomic E-state index is 12.1. The van der Waals surface area contributed by atoms with Crippen LogP contribution in [0.15, 0.2) is 57.7 Å². The molecule has 3 aromatic rings. The SMILES string of the molecule is Cn1c(=O)oc2cc(NC(=O)NCC(C)(O)c3ccccc3)ccc21. The van der Waals surface area contributed by atoms with Gasteiger partial charge >= 0.3 is 11.8 Å². The van der Waals surface area contributed by atoms with Gasteiger partial charge < -0.3 is 20.2 Å². The molecule has 2 amide bonds. The zero-order chi connectivity index (χ0) is 18.0. The molecule has 0 saturated heterocycles. The van der Waals surface area contributed by atoms with Crippen LogP contribution in [0.1, 0.15) is 12.5 Å². The molecule has 0 saturated carbocycles. The van der Waals surface area contributed by atoms with E-state index in [-0.39, 0.29) is 6.54 Å². The van der Waals surface area contributed by atoms with Crippen molar-refractivity contribution in [3.05, 3.63) is 64.6 Å². The highest BCUT2D eigenvalue weighted by atomic mass is 16.4. The molecular weight excluding hydrogens is 322 g/mol. The molecule has 1 unspecified atom stereocenters. The van der Waals surface area contributed by atoms with Gasteiger partial charge in [0.05, 0.1) is 12.1 Å². The molecule has 0 fully saturated rings. The molecule has 0 spiro atoms. The minimum atomic E-state index is -1.19. The number of aryl methyl sites for hydroxylation is 1. The molecule has 130 valence electrons. The number of urea groups is 1. The van der Waals surface area contributed by atoms with Crippen molar-refractivity contribution in [2.45, 2.75) is 12.5 Å². The number of anilines is 1. The van der Waals surface area contributed by atoms with Crippen LogP contribution in [-0.4, -0.2) is 22.2 Å². The Balaban J connectivity index is 1.65. The van der Waals surface area contributed by atoms with E-state index in [0.29, 0.717) is 22.4 Å². The minimum absolute atomic E-state index is 0.0471. The van der Waals surface area contributed by atoms with Gasteiger partial charge in [0.1, 0.15) is 5.60 Å². The Morgan fingerprint density at radius 2 is 1.96 bits per heavy atom. The Labute approximate surface area is 143 Å². The highest BCUT2D eigenvalue weighted by Crippen LogP contribution is 2.20. The molecule has 3 rings (SSSR count). The summed E-state index contributed by atoms with van der Waals surface area (Å²) in [6.45, 7) is 1.68. The van der Waals surface area contributed by atoms with Crippen molar-refractivity contribution in [1.82, 2.24) is 9.88 Å². The molecule has 1 heterocycles. The lowest BCUT2D eigenvalue weighted by Gasteiger charge is -2.24. The zero-order valence-electron chi connectivity index (χ0n) is 13.9. The van der Waals surface area contributed by atoms with E-state index in [1.807, 2.05) is 18.2 Å². The standard InChI is InChI=1S/C18H19N3O4/c1-18(24,12-6-4-3-5-7-12)11-19-16(22)20-13-8-9-14-15(10-13)25-17(23)21(14)2/h3-10,24H,11H2,1-2H3,(H2,19,20,22). The fourth-order valence-electron chi connectivity index (χ4n) is 2.54. The van der Waals surface area contributed by atoms with Crippen molar-refractivity contribution in [1.29, 1.82) is 0 Å². The number of fused-ring (bicyclic) bond motifs is 1. The van der Waals surface area contributed by atoms with Crippen molar-refractivity contribution >= 4 is 22.8 Å². The number of carbonyl (C=O) groups excluding carboxylic acids is 1. The summed E-state index contributed by atoms with van der Waals surface area (Å²) in [5.74, 6) is -0.462. The third kappa shape index (κ3) is 3.56. The molecule has 2 aromatic carbocycles. The van der Waals surface area contributed by atoms with Crippen molar-refractivity contribution < 1.29 is 14.3 Å². The van der Waals surface area contributed by atoms with E-state index in [4.69, 9.17) is 4.42 Å². The molecule has 25 heavy (non-hydrogen) atoms. The number of oxazole rings is 1. The molecule has 7 heteroatoms. The van der Waals surface area contributed by atoms with Crippen LogP contribution in [0.25, 0.3) is 11.1 Å². The molecule has 0 aliphatic heterocycles. The van der Waals surface area contributed by atoms with Crippen molar-refractivity contribution in [3.63, 3.8) is 0 Å². The summed E-state index contributed by atoms with van der Waals surface area (Å²) in [4.78, 5) is 23.6. The van der Waals surface area contributed by atoms with Gasteiger partial charge in [0, 0.05) is 18.8 Å². The Morgan fingerprint density at radius 3 is 2.68 bits per heavy atom. The van der Waals surface area contributed by atoms with Gasteiger partial charge in [-0.1, -0.05) is 30.3 Å². The number of aromatic nitrogens is 1. The highest BCUT2D eigenvalue weighted by Gasteiger charge is 2.23. The molecule has 0 radical (unpaired) electrons. The van der Waals surface area contributed by atoms with Crippen LogP contribution >= 0.6 is 0 Å². The summed E-state index contributed by atoms with van der Waals surface area (Å²) < 4.78 is 6.47. The lowest BCUT2D eigenvalue weighted by Crippen LogP contribution is -2.40. The van der Waals surface area contributed by atoms with Crippen LogP contribution in [0.3, 0.4) is 0 Å². The summed E-state index contributed by atoms with van der Waals surface area (Å²) in [5.41, 5.74) is 1.04. The molecule has 3 N–H and O–H groups in total. The predicted octanol–water partition coefficient (Wildman–Crippen LogP) is 2.16. The number of nitrogens with zero attached hydrogens (tertiary/aromatic N) is 1. The van der Waals surface area contributed by atoms with Crippen LogP contribution in [-0.2, 0) is 12.6 Å². The summed E-state index contributed by atoms with van der Waals surface area (Å²) >= 11 is 0. The van der Waals surface area contributed by atoms with Crippen molar-refractivity contribution in [3.8, 4) is 0 Å². The van der Waals surface area contributed by atoms with Crippen LogP contribution in [0, 0.1) is 0 Å². The number of aliphatic hydroxyl groups is 1. The number of carbonyl (C=O) groups is 1. The third-order valence-corrected chi connectivity index (χ3v) is 4.04. The summed E-state index contributed by atoms with van der Waals surface area (Å²) in [7, 11) is 1.61. The predicted molar refractivity (Wildman–Crippen MR) is 94.5 cm³/mol. The van der Waals surface area contributed by atoms with Gasteiger partial charge in [0.25, 0.3) is 0 Å². The quantitative estimate of drug-likeness (QED) is 0.677. The molecule has 0 aliphatic rings. The van der Waals surface area contributed by atoms with Gasteiger partial charge in [0.15, 0.2) is 5.58 Å². The molecule has 0 aliphatic carbocycles. The van der Waals surface area contributed by atoms with Crippen LogP contribution < -0.4 is 16.4 Å². The fourth-order valence-corrected chi connectivity index (χ4v) is 2.54. The number of hydrogen-bond acceptors (Lipinski definition) is 4. The highest BCUT2D eigenvalue weighted by molar-refractivity contribution is 5.91. The van der Waals surface area contributed by atoms with Crippen LogP contribution in [0.2, 0.25) is 0 Å². The minimum Gasteiger partial charge on any atom is -0.408 e. The first-order chi connectivity index (χ1) is 11.9. The maximum Gasteiger partial charge on any atom is 0.419 e. The summed E-state index contributed by atoms with van der Waals surface area (Å²) in [6, 6.07) is 13.6. The number of rotatable bonds is 4.